The van der Waals surface area contributed by atoms with Crippen LogP contribution in [0, 0.1) is 0 Å². The average molecular weight is 332 g/mol. The molecule has 2 bridgehead atoms. The van der Waals surface area contributed by atoms with E-state index in [1.165, 1.54) is 0 Å². The van der Waals surface area contributed by atoms with Gasteiger partial charge in [-0.2, -0.15) is 0 Å². The fourth-order valence-electron chi connectivity index (χ4n) is 3.84. The topological polar surface area (TPSA) is 78.9 Å². The fraction of sp³-hybridized carbons (Fsp3) is 0.556. The molecule has 130 valence electrons. The molecule has 2 aliphatic rings. The highest BCUT2D eigenvalue weighted by Crippen LogP contribution is 2.35. The molecule has 0 radical (unpaired) electrons. The third kappa shape index (κ3) is 3.60. The zero-order chi connectivity index (χ0) is 17.1. The number of esters is 1. The van der Waals surface area contributed by atoms with E-state index in [1.54, 1.807) is 31.2 Å². The van der Waals surface area contributed by atoms with Crippen molar-refractivity contribution in [3.63, 3.8) is 0 Å². The van der Waals surface area contributed by atoms with Gasteiger partial charge < -0.3 is 15.2 Å². The molecule has 1 amide bonds. The molecule has 1 aromatic rings. The highest BCUT2D eigenvalue weighted by molar-refractivity contribution is 6.01. The summed E-state index contributed by atoms with van der Waals surface area (Å²) >= 11 is 0. The SMILES string of the molecule is CCOC(=O)c1ccccc1NC(=O)CN1C2CCC1CC(O)C2. The van der Waals surface area contributed by atoms with Crippen LogP contribution in [0.25, 0.3) is 0 Å². The maximum atomic E-state index is 12.4. The quantitative estimate of drug-likeness (QED) is 0.804. The second kappa shape index (κ2) is 7.32. The summed E-state index contributed by atoms with van der Waals surface area (Å²) in [7, 11) is 0. The van der Waals surface area contributed by atoms with Crippen LogP contribution in [0.3, 0.4) is 0 Å². The summed E-state index contributed by atoms with van der Waals surface area (Å²) in [6, 6.07) is 7.44. The zero-order valence-corrected chi connectivity index (χ0v) is 13.9. The van der Waals surface area contributed by atoms with E-state index < -0.39 is 5.97 Å². The van der Waals surface area contributed by atoms with Crippen molar-refractivity contribution in [3.05, 3.63) is 29.8 Å². The number of hydrogen-bond donors (Lipinski definition) is 2. The lowest BCUT2D eigenvalue weighted by Gasteiger charge is -2.36. The van der Waals surface area contributed by atoms with Crippen LogP contribution >= 0.6 is 0 Å². The third-order valence-corrected chi connectivity index (χ3v) is 4.88. The number of aliphatic hydroxyl groups excluding tert-OH is 1. The van der Waals surface area contributed by atoms with Gasteiger partial charge in [-0.1, -0.05) is 12.1 Å². The summed E-state index contributed by atoms with van der Waals surface area (Å²) in [5.74, 6) is -0.574. The molecule has 1 aromatic carbocycles. The zero-order valence-electron chi connectivity index (χ0n) is 13.9. The van der Waals surface area contributed by atoms with Gasteiger partial charge in [0.15, 0.2) is 0 Å². The Bertz CT molecular complexity index is 605. The summed E-state index contributed by atoms with van der Waals surface area (Å²) < 4.78 is 5.03. The summed E-state index contributed by atoms with van der Waals surface area (Å²) in [5, 5.41) is 12.7. The number of carbonyl (C=O) groups is 2. The van der Waals surface area contributed by atoms with Crippen molar-refractivity contribution >= 4 is 17.6 Å². The Morgan fingerprint density at radius 2 is 1.92 bits per heavy atom. The van der Waals surface area contributed by atoms with Crippen molar-refractivity contribution in [2.24, 2.45) is 0 Å². The van der Waals surface area contributed by atoms with Crippen LogP contribution in [0.15, 0.2) is 24.3 Å². The van der Waals surface area contributed by atoms with Gasteiger partial charge in [0.2, 0.25) is 5.91 Å². The van der Waals surface area contributed by atoms with E-state index in [9.17, 15) is 14.7 Å². The number of anilines is 1. The third-order valence-electron chi connectivity index (χ3n) is 4.88. The highest BCUT2D eigenvalue weighted by Gasteiger charge is 2.40. The molecule has 2 heterocycles. The van der Waals surface area contributed by atoms with Crippen LogP contribution in [0.1, 0.15) is 43.0 Å². The smallest absolute Gasteiger partial charge is 0.340 e. The van der Waals surface area contributed by atoms with Gasteiger partial charge in [0.05, 0.1) is 30.5 Å². The van der Waals surface area contributed by atoms with E-state index in [1.807, 2.05) is 0 Å². The minimum Gasteiger partial charge on any atom is -0.462 e. The summed E-state index contributed by atoms with van der Waals surface area (Å²) in [5.41, 5.74) is 0.843. The molecule has 0 aliphatic carbocycles. The van der Waals surface area contributed by atoms with Crippen LogP contribution in [0.4, 0.5) is 5.69 Å². The molecule has 2 atom stereocenters. The van der Waals surface area contributed by atoms with Crippen LogP contribution in [-0.2, 0) is 9.53 Å². The van der Waals surface area contributed by atoms with Gasteiger partial charge in [0, 0.05) is 12.1 Å². The van der Waals surface area contributed by atoms with Crippen LogP contribution < -0.4 is 5.32 Å². The van der Waals surface area contributed by atoms with Crippen LogP contribution in [0.2, 0.25) is 0 Å². The van der Waals surface area contributed by atoms with Crippen molar-refractivity contribution in [2.75, 3.05) is 18.5 Å². The molecule has 2 saturated heterocycles. The lowest BCUT2D eigenvalue weighted by molar-refractivity contribution is -0.119. The molecule has 2 aliphatic heterocycles. The maximum absolute atomic E-state index is 12.4. The number of rotatable bonds is 5. The first kappa shape index (κ1) is 16.9. The molecule has 0 aromatic heterocycles. The first-order valence-electron chi connectivity index (χ1n) is 8.58. The molecule has 2 fully saturated rings. The average Bonchev–Trinajstić information content (AvgIpc) is 2.78. The van der Waals surface area contributed by atoms with Crippen molar-refractivity contribution < 1.29 is 19.4 Å². The predicted octanol–water partition coefficient (Wildman–Crippen LogP) is 1.79. The first-order chi connectivity index (χ1) is 11.6. The fourth-order valence-corrected chi connectivity index (χ4v) is 3.84. The minimum atomic E-state index is -0.436. The molecule has 3 rings (SSSR count). The van der Waals surface area contributed by atoms with Gasteiger partial charge in [-0.25, -0.2) is 4.79 Å². The molecule has 2 unspecified atom stereocenters. The van der Waals surface area contributed by atoms with Crippen LogP contribution in [-0.4, -0.2) is 53.2 Å². The number of nitrogens with one attached hydrogen (secondary N) is 1. The van der Waals surface area contributed by atoms with E-state index in [0.717, 1.165) is 25.7 Å². The van der Waals surface area contributed by atoms with Gasteiger partial charge in [-0.15, -0.1) is 0 Å². The van der Waals surface area contributed by atoms with Gasteiger partial charge in [-0.3, -0.25) is 9.69 Å². The Morgan fingerprint density at radius 1 is 1.25 bits per heavy atom. The van der Waals surface area contributed by atoms with Crippen LogP contribution in [0.5, 0.6) is 0 Å². The Labute approximate surface area is 141 Å². The maximum Gasteiger partial charge on any atom is 0.340 e. The predicted molar refractivity (Wildman–Crippen MR) is 89.8 cm³/mol. The van der Waals surface area contributed by atoms with Crippen molar-refractivity contribution in [1.82, 2.24) is 4.90 Å². The number of amides is 1. The molecular formula is C18H24N2O4. The van der Waals surface area contributed by atoms with E-state index in [4.69, 9.17) is 4.74 Å². The lowest BCUT2D eigenvalue weighted by Crippen LogP contribution is -2.47. The van der Waals surface area contributed by atoms with Gasteiger partial charge in [-0.05, 0) is 44.7 Å². The van der Waals surface area contributed by atoms with E-state index in [0.29, 0.717) is 24.4 Å². The molecule has 6 heteroatoms. The second-order valence-corrected chi connectivity index (χ2v) is 6.50. The number of benzene rings is 1. The van der Waals surface area contributed by atoms with Crippen molar-refractivity contribution in [3.8, 4) is 0 Å². The second-order valence-electron chi connectivity index (χ2n) is 6.50. The number of nitrogens with zero attached hydrogens (tertiary/aromatic N) is 1. The summed E-state index contributed by atoms with van der Waals surface area (Å²) in [6.07, 6.45) is 3.31. The Morgan fingerprint density at radius 3 is 2.58 bits per heavy atom. The molecule has 24 heavy (non-hydrogen) atoms. The molecule has 6 nitrogen and oxygen atoms in total. The molecular weight excluding hydrogens is 308 g/mol. The Hall–Kier alpha value is -1.92. The number of carbonyl (C=O) groups excluding carboxylic acids is 2. The highest BCUT2D eigenvalue weighted by atomic mass is 16.5. The van der Waals surface area contributed by atoms with Gasteiger partial charge >= 0.3 is 5.97 Å². The molecule has 0 saturated carbocycles. The first-order valence-corrected chi connectivity index (χ1v) is 8.58. The Balaban J connectivity index is 1.65. The minimum absolute atomic E-state index is 0.139. The number of para-hydroxylation sites is 1. The standard InChI is InChI=1S/C18H24N2O4/c1-2-24-18(23)15-5-3-4-6-16(15)19-17(22)11-20-12-7-8-13(20)10-14(21)9-12/h3-6,12-14,21H,2,7-11H2,1H3,(H,19,22). The number of hydrogen-bond acceptors (Lipinski definition) is 5. The lowest BCUT2D eigenvalue weighted by atomic mass is 10.00. The van der Waals surface area contributed by atoms with Gasteiger partial charge in [0.25, 0.3) is 0 Å². The number of fused-ring (bicyclic) bond motifs is 2. The number of aliphatic hydroxyl groups is 1. The van der Waals surface area contributed by atoms with Crippen molar-refractivity contribution in [1.29, 1.82) is 0 Å². The van der Waals surface area contributed by atoms with E-state index in [-0.39, 0.29) is 24.1 Å². The summed E-state index contributed by atoms with van der Waals surface area (Å²) in [4.78, 5) is 26.6. The van der Waals surface area contributed by atoms with Gasteiger partial charge in [0.1, 0.15) is 0 Å². The van der Waals surface area contributed by atoms with E-state index >= 15 is 0 Å². The molecule has 0 spiro atoms. The summed E-state index contributed by atoms with van der Waals surface area (Å²) in [6.45, 7) is 2.33. The van der Waals surface area contributed by atoms with E-state index in [2.05, 4.69) is 10.2 Å². The van der Waals surface area contributed by atoms with Crippen molar-refractivity contribution in [2.45, 2.75) is 50.8 Å². The Kier molecular flexibility index (Phi) is 5.16. The largest absolute Gasteiger partial charge is 0.462 e. The number of piperidine rings is 1. The number of ether oxygens (including phenoxy) is 1. The molecule has 2 N–H and O–H groups in total. The monoisotopic (exact) mass is 332 g/mol. The normalized spacial score (nSPS) is 26.2.